The highest BCUT2D eigenvalue weighted by molar-refractivity contribution is 7.08. The summed E-state index contributed by atoms with van der Waals surface area (Å²) in [5.74, 6) is 0.352. The van der Waals surface area contributed by atoms with E-state index in [2.05, 4.69) is 20.7 Å². The van der Waals surface area contributed by atoms with Gasteiger partial charge in [-0.2, -0.15) is 16.1 Å². The van der Waals surface area contributed by atoms with Gasteiger partial charge in [0.1, 0.15) is 6.54 Å². The van der Waals surface area contributed by atoms with E-state index in [1.54, 1.807) is 11.3 Å². The van der Waals surface area contributed by atoms with Crippen LogP contribution < -0.4 is 5.32 Å². The molecule has 2 aromatic heterocycles. The van der Waals surface area contributed by atoms with Gasteiger partial charge < -0.3 is 10.4 Å². The number of amides is 1. The third-order valence-electron chi connectivity index (χ3n) is 2.80. The maximum absolute atomic E-state index is 11.7. The molecule has 0 aliphatic rings. The topological polar surface area (TPSA) is 92.9 Å². The third kappa shape index (κ3) is 3.84. The van der Waals surface area contributed by atoms with Crippen LogP contribution in [-0.2, 0) is 11.3 Å². The molecule has 0 aromatic carbocycles. The predicted octanol–water partition coefficient (Wildman–Crippen LogP) is 0.535. The summed E-state index contributed by atoms with van der Waals surface area (Å²) in [5.41, 5.74) is 0.886. The molecule has 0 saturated heterocycles. The maximum Gasteiger partial charge on any atom is 0.243 e. The van der Waals surface area contributed by atoms with Crippen LogP contribution in [0, 0.1) is 5.92 Å². The first-order valence-electron chi connectivity index (χ1n) is 6.31. The van der Waals surface area contributed by atoms with E-state index in [1.807, 2.05) is 30.7 Å². The molecule has 0 bridgehead atoms. The fraction of sp³-hybridized carbons (Fsp3) is 0.500. The highest BCUT2D eigenvalue weighted by atomic mass is 32.1. The summed E-state index contributed by atoms with van der Waals surface area (Å²) < 4.78 is 0. The minimum Gasteiger partial charge on any atom is -0.391 e. The van der Waals surface area contributed by atoms with E-state index in [0.29, 0.717) is 5.82 Å². The number of hydrogen-bond donors (Lipinski definition) is 2. The van der Waals surface area contributed by atoms with Crippen LogP contribution in [0.2, 0.25) is 0 Å². The number of carbonyl (C=O) groups excluding carboxylic acids is 1. The van der Waals surface area contributed by atoms with E-state index >= 15 is 0 Å². The molecule has 2 rings (SSSR count). The quantitative estimate of drug-likeness (QED) is 0.811. The van der Waals surface area contributed by atoms with Crippen LogP contribution in [0.25, 0.3) is 11.4 Å². The van der Waals surface area contributed by atoms with Gasteiger partial charge in [-0.05, 0) is 22.6 Å². The molecule has 108 valence electrons. The predicted molar refractivity (Wildman–Crippen MR) is 75.0 cm³/mol. The van der Waals surface area contributed by atoms with Crippen LogP contribution >= 0.6 is 11.3 Å². The van der Waals surface area contributed by atoms with E-state index in [9.17, 15) is 9.90 Å². The molecule has 20 heavy (non-hydrogen) atoms. The standard InChI is InChI=1S/C12H17N5O2S/c1-8(2)10(18)5-13-11(19)6-17-15-12(14-16-17)9-3-4-20-7-9/h3-4,7-8,10,18H,5-6H2,1-2H3,(H,13,19). The summed E-state index contributed by atoms with van der Waals surface area (Å²) in [5, 5.41) is 27.9. The number of nitrogens with zero attached hydrogens (tertiary/aromatic N) is 4. The number of aliphatic hydroxyl groups excluding tert-OH is 1. The van der Waals surface area contributed by atoms with E-state index in [-0.39, 0.29) is 24.9 Å². The number of aliphatic hydroxyl groups is 1. The van der Waals surface area contributed by atoms with Gasteiger partial charge in [-0.1, -0.05) is 13.8 Å². The molecule has 0 aliphatic heterocycles. The van der Waals surface area contributed by atoms with Crippen molar-refractivity contribution in [2.24, 2.45) is 5.92 Å². The molecule has 7 nitrogen and oxygen atoms in total. The summed E-state index contributed by atoms with van der Waals surface area (Å²) in [6.45, 7) is 4.00. The second-order valence-corrected chi connectivity index (χ2v) is 5.55. The zero-order valence-corrected chi connectivity index (χ0v) is 12.2. The molecule has 0 spiro atoms. The molecule has 2 N–H and O–H groups in total. The van der Waals surface area contributed by atoms with Gasteiger partial charge in [-0.3, -0.25) is 4.79 Å². The van der Waals surface area contributed by atoms with Crippen molar-refractivity contribution in [2.75, 3.05) is 6.54 Å². The zero-order chi connectivity index (χ0) is 14.5. The summed E-state index contributed by atoms with van der Waals surface area (Å²) in [6, 6.07) is 1.89. The van der Waals surface area contributed by atoms with E-state index in [1.165, 1.54) is 4.80 Å². The highest BCUT2D eigenvalue weighted by Gasteiger charge is 2.12. The fourth-order valence-corrected chi connectivity index (χ4v) is 2.09. The molecule has 1 atom stereocenters. The molecule has 1 unspecified atom stereocenters. The normalized spacial score (nSPS) is 12.6. The lowest BCUT2D eigenvalue weighted by atomic mass is 10.1. The number of tetrazole rings is 1. The smallest absolute Gasteiger partial charge is 0.243 e. The average molecular weight is 295 g/mol. The highest BCUT2D eigenvalue weighted by Crippen LogP contribution is 2.16. The first-order chi connectivity index (χ1) is 9.56. The molecule has 0 fully saturated rings. The van der Waals surface area contributed by atoms with Gasteiger partial charge >= 0.3 is 0 Å². The minimum atomic E-state index is -0.552. The number of hydrogen-bond acceptors (Lipinski definition) is 6. The number of nitrogens with one attached hydrogen (secondary N) is 1. The maximum atomic E-state index is 11.7. The Bertz CT molecular complexity index is 552. The van der Waals surface area contributed by atoms with Crippen molar-refractivity contribution in [3.8, 4) is 11.4 Å². The lowest BCUT2D eigenvalue weighted by Crippen LogP contribution is -2.36. The second kappa shape index (κ2) is 6.58. The largest absolute Gasteiger partial charge is 0.391 e. The Labute approximate surface area is 120 Å². The second-order valence-electron chi connectivity index (χ2n) is 4.77. The number of rotatable bonds is 6. The van der Waals surface area contributed by atoms with Crippen LogP contribution in [0.15, 0.2) is 16.8 Å². The molecular weight excluding hydrogens is 278 g/mol. The van der Waals surface area contributed by atoms with E-state index in [0.717, 1.165) is 5.56 Å². The molecule has 0 radical (unpaired) electrons. The van der Waals surface area contributed by atoms with Gasteiger partial charge in [-0.15, -0.1) is 10.2 Å². The van der Waals surface area contributed by atoms with E-state index in [4.69, 9.17) is 0 Å². The molecule has 2 aromatic rings. The zero-order valence-electron chi connectivity index (χ0n) is 11.4. The number of aromatic nitrogens is 4. The summed E-state index contributed by atoms with van der Waals surface area (Å²) in [7, 11) is 0. The van der Waals surface area contributed by atoms with Crippen molar-refractivity contribution < 1.29 is 9.90 Å². The first kappa shape index (κ1) is 14.6. The van der Waals surface area contributed by atoms with Gasteiger partial charge in [-0.25, -0.2) is 0 Å². The number of thiophene rings is 1. The van der Waals surface area contributed by atoms with Crippen LogP contribution in [0.1, 0.15) is 13.8 Å². The van der Waals surface area contributed by atoms with Crippen molar-refractivity contribution in [1.82, 2.24) is 25.5 Å². The van der Waals surface area contributed by atoms with Crippen molar-refractivity contribution in [1.29, 1.82) is 0 Å². The average Bonchev–Trinajstić information content (AvgIpc) is 3.05. The molecule has 0 aliphatic carbocycles. The Balaban J connectivity index is 1.86. The Morgan fingerprint density at radius 3 is 3.00 bits per heavy atom. The molecule has 2 heterocycles. The summed E-state index contributed by atoms with van der Waals surface area (Å²) >= 11 is 1.55. The lowest BCUT2D eigenvalue weighted by Gasteiger charge is -2.14. The van der Waals surface area contributed by atoms with Crippen LogP contribution in [0.4, 0.5) is 0 Å². The van der Waals surface area contributed by atoms with Gasteiger partial charge in [0.15, 0.2) is 0 Å². The Morgan fingerprint density at radius 2 is 2.35 bits per heavy atom. The Hall–Kier alpha value is -1.80. The summed E-state index contributed by atoms with van der Waals surface area (Å²) in [6.07, 6.45) is -0.552. The minimum absolute atomic E-state index is 0.0120. The van der Waals surface area contributed by atoms with Crippen LogP contribution in [0.3, 0.4) is 0 Å². The SMILES string of the molecule is CC(C)C(O)CNC(=O)Cn1nnc(-c2ccsc2)n1. The lowest BCUT2D eigenvalue weighted by molar-refractivity contribution is -0.122. The number of carbonyl (C=O) groups is 1. The Morgan fingerprint density at radius 1 is 1.55 bits per heavy atom. The van der Waals surface area contributed by atoms with Gasteiger partial charge in [0.2, 0.25) is 11.7 Å². The summed E-state index contributed by atoms with van der Waals surface area (Å²) in [4.78, 5) is 12.9. The first-order valence-corrected chi connectivity index (χ1v) is 7.25. The monoisotopic (exact) mass is 295 g/mol. The van der Waals surface area contributed by atoms with Crippen LogP contribution in [0.5, 0.6) is 0 Å². The molecule has 1 amide bonds. The van der Waals surface area contributed by atoms with Crippen molar-refractivity contribution in [3.05, 3.63) is 16.8 Å². The Kier molecular flexibility index (Phi) is 4.80. The van der Waals surface area contributed by atoms with Crippen molar-refractivity contribution in [3.63, 3.8) is 0 Å². The van der Waals surface area contributed by atoms with Crippen LogP contribution in [-0.4, -0.2) is 43.9 Å². The molecule has 8 heteroatoms. The van der Waals surface area contributed by atoms with Crippen molar-refractivity contribution >= 4 is 17.2 Å². The van der Waals surface area contributed by atoms with E-state index < -0.39 is 6.10 Å². The van der Waals surface area contributed by atoms with Gasteiger partial charge in [0.25, 0.3) is 0 Å². The third-order valence-corrected chi connectivity index (χ3v) is 3.48. The fourth-order valence-electron chi connectivity index (χ4n) is 1.46. The van der Waals surface area contributed by atoms with Crippen molar-refractivity contribution in [2.45, 2.75) is 26.5 Å². The van der Waals surface area contributed by atoms with Gasteiger partial charge in [0.05, 0.1) is 6.10 Å². The molecular formula is C12H17N5O2S. The molecule has 0 saturated carbocycles. The van der Waals surface area contributed by atoms with Gasteiger partial charge in [0, 0.05) is 17.5 Å².